The standard InChI is InChI=1S/C14H18BrN3/c1-9-7-12(8-10(2)14(9)15)17-11(3)13-5-6-16-18(13)4/h5-8,11,17H,1-4H3. The molecule has 0 aliphatic carbocycles. The van der Waals surface area contributed by atoms with Crippen LogP contribution in [0.1, 0.15) is 29.8 Å². The molecule has 1 heterocycles. The molecule has 0 radical (unpaired) electrons. The van der Waals surface area contributed by atoms with Crippen LogP contribution in [0.2, 0.25) is 0 Å². The summed E-state index contributed by atoms with van der Waals surface area (Å²) in [6.07, 6.45) is 1.82. The summed E-state index contributed by atoms with van der Waals surface area (Å²) in [5.41, 5.74) is 4.81. The number of aryl methyl sites for hydroxylation is 3. The van der Waals surface area contributed by atoms with Crippen molar-refractivity contribution >= 4 is 21.6 Å². The quantitative estimate of drug-likeness (QED) is 0.929. The molecule has 3 nitrogen and oxygen atoms in total. The molecule has 1 N–H and O–H groups in total. The number of hydrogen-bond donors (Lipinski definition) is 1. The first-order chi connectivity index (χ1) is 8.49. The minimum Gasteiger partial charge on any atom is -0.377 e. The number of benzene rings is 1. The molecule has 2 rings (SSSR count). The molecular weight excluding hydrogens is 290 g/mol. The average molecular weight is 308 g/mol. The number of halogens is 1. The second-order valence-electron chi connectivity index (χ2n) is 4.67. The fourth-order valence-electron chi connectivity index (χ4n) is 2.16. The molecule has 1 unspecified atom stereocenters. The Labute approximate surface area is 116 Å². The second-order valence-corrected chi connectivity index (χ2v) is 5.46. The zero-order valence-electron chi connectivity index (χ0n) is 11.2. The summed E-state index contributed by atoms with van der Waals surface area (Å²) in [6.45, 7) is 6.36. The third-order valence-corrected chi connectivity index (χ3v) is 4.37. The van der Waals surface area contributed by atoms with Gasteiger partial charge in [-0.2, -0.15) is 5.10 Å². The lowest BCUT2D eigenvalue weighted by Gasteiger charge is -2.17. The minimum absolute atomic E-state index is 0.234. The van der Waals surface area contributed by atoms with Gasteiger partial charge in [-0.15, -0.1) is 0 Å². The van der Waals surface area contributed by atoms with Gasteiger partial charge in [0.05, 0.1) is 11.7 Å². The average Bonchev–Trinajstić information content (AvgIpc) is 2.72. The van der Waals surface area contributed by atoms with Gasteiger partial charge in [-0.25, -0.2) is 0 Å². The van der Waals surface area contributed by atoms with E-state index in [0.29, 0.717) is 0 Å². The van der Waals surface area contributed by atoms with E-state index < -0.39 is 0 Å². The van der Waals surface area contributed by atoms with Gasteiger partial charge in [0.2, 0.25) is 0 Å². The SMILES string of the molecule is Cc1cc(NC(C)c2ccnn2C)cc(C)c1Br. The molecule has 18 heavy (non-hydrogen) atoms. The van der Waals surface area contributed by atoms with Crippen LogP contribution in [0.15, 0.2) is 28.9 Å². The van der Waals surface area contributed by atoms with Gasteiger partial charge >= 0.3 is 0 Å². The Balaban J connectivity index is 2.22. The van der Waals surface area contributed by atoms with Crippen molar-refractivity contribution in [2.24, 2.45) is 7.05 Å². The molecule has 0 fully saturated rings. The van der Waals surface area contributed by atoms with E-state index in [9.17, 15) is 0 Å². The lowest BCUT2D eigenvalue weighted by atomic mass is 10.1. The molecule has 0 saturated heterocycles. The maximum Gasteiger partial charge on any atom is 0.0653 e. The molecule has 1 atom stereocenters. The first-order valence-electron chi connectivity index (χ1n) is 6.00. The van der Waals surface area contributed by atoms with Crippen LogP contribution in [-0.4, -0.2) is 9.78 Å². The molecule has 2 aromatic rings. The Morgan fingerprint density at radius 1 is 1.28 bits per heavy atom. The van der Waals surface area contributed by atoms with E-state index in [4.69, 9.17) is 0 Å². The molecule has 1 aromatic carbocycles. The summed E-state index contributed by atoms with van der Waals surface area (Å²) in [7, 11) is 1.96. The Hall–Kier alpha value is -1.29. The van der Waals surface area contributed by atoms with Gasteiger partial charge in [0.15, 0.2) is 0 Å². The summed E-state index contributed by atoms with van der Waals surface area (Å²) in [5, 5.41) is 7.71. The highest BCUT2D eigenvalue weighted by atomic mass is 79.9. The molecular formula is C14H18BrN3. The normalized spacial score (nSPS) is 12.5. The zero-order valence-corrected chi connectivity index (χ0v) is 12.7. The van der Waals surface area contributed by atoms with Crippen LogP contribution in [0, 0.1) is 13.8 Å². The number of aromatic nitrogens is 2. The first-order valence-corrected chi connectivity index (χ1v) is 6.79. The second kappa shape index (κ2) is 5.14. The van der Waals surface area contributed by atoms with Crippen LogP contribution in [0.4, 0.5) is 5.69 Å². The van der Waals surface area contributed by atoms with Crippen LogP contribution >= 0.6 is 15.9 Å². The highest BCUT2D eigenvalue weighted by molar-refractivity contribution is 9.10. The van der Waals surface area contributed by atoms with Crippen LogP contribution in [0.25, 0.3) is 0 Å². The minimum atomic E-state index is 0.234. The van der Waals surface area contributed by atoms with Crippen molar-refractivity contribution in [3.8, 4) is 0 Å². The maximum absolute atomic E-state index is 4.20. The molecule has 0 aliphatic rings. The van der Waals surface area contributed by atoms with Crippen molar-refractivity contribution in [3.05, 3.63) is 45.7 Å². The first kappa shape index (κ1) is 13.1. The number of nitrogens with zero attached hydrogens (tertiary/aromatic N) is 2. The van der Waals surface area contributed by atoms with E-state index in [1.54, 1.807) is 0 Å². The fraction of sp³-hybridized carbons (Fsp3) is 0.357. The molecule has 96 valence electrons. The Kier molecular flexibility index (Phi) is 3.76. The largest absolute Gasteiger partial charge is 0.377 e. The van der Waals surface area contributed by atoms with Gasteiger partial charge in [-0.3, -0.25) is 4.68 Å². The van der Waals surface area contributed by atoms with Gasteiger partial charge < -0.3 is 5.32 Å². The van der Waals surface area contributed by atoms with E-state index >= 15 is 0 Å². The highest BCUT2D eigenvalue weighted by Gasteiger charge is 2.10. The van der Waals surface area contributed by atoms with Crippen molar-refractivity contribution in [3.63, 3.8) is 0 Å². The number of anilines is 1. The fourth-order valence-corrected chi connectivity index (χ4v) is 2.39. The van der Waals surface area contributed by atoms with Gasteiger partial charge in [0.25, 0.3) is 0 Å². The molecule has 0 saturated carbocycles. The van der Waals surface area contributed by atoms with Crippen molar-refractivity contribution in [1.82, 2.24) is 9.78 Å². The van der Waals surface area contributed by atoms with Gasteiger partial charge in [-0.05, 0) is 50.1 Å². The van der Waals surface area contributed by atoms with E-state index in [1.165, 1.54) is 21.3 Å². The molecule has 0 spiro atoms. The van der Waals surface area contributed by atoms with Crippen LogP contribution in [0.5, 0.6) is 0 Å². The van der Waals surface area contributed by atoms with Gasteiger partial charge in [0, 0.05) is 23.4 Å². The summed E-state index contributed by atoms with van der Waals surface area (Å²) in [6, 6.07) is 6.59. The molecule has 1 aromatic heterocycles. The van der Waals surface area contributed by atoms with Gasteiger partial charge in [-0.1, -0.05) is 15.9 Å². The van der Waals surface area contributed by atoms with Crippen molar-refractivity contribution < 1.29 is 0 Å². The Bertz CT molecular complexity index is 537. The van der Waals surface area contributed by atoms with E-state index in [0.717, 1.165) is 5.69 Å². The summed E-state index contributed by atoms with van der Waals surface area (Å²) in [5.74, 6) is 0. The maximum atomic E-state index is 4.20. The molecule has 0 bridgehead atoms. The Morgan fingerprint density at radius 2 is 1.89 bits per heavy atom. The van der Waals surface area contributed by atoms with Crippen molar-refractivity contribution in [2.45, 2.75) is 26.8 Å². The molecule has 0 amide bonds. The summed E-state index contributed by atoms with van der Waals surface area (Å²) < 4.78 is 3.08. The Morgan fingerprint density at radius 3 is 2.39 bits per heavy atom. The van der Waals surface area contributed by atoms with Crippen molar-refractivity contribution in [2.75, 3.05) is 5.32 Å². The van der Waals surface area contributed by atoms with Crippen LogP contribution in [0.3, 0.4) is 0 Å². The molecule has 0 aliphatic heterocycles. The van der Waals surface area contributed by atoms with E-state index in [1.807, 2.05) is 24.0 Å². The van der Waals surface area contributed by atoms with Crippen LogP contribution in [-0.2, 0) is 7.05 Å². The summed E-state index contributed by atoms with van der Waals surface area (Å²) in [4.78, 5) is 0. The number of hydrogen-bond acceptors (Lipinski definition) is 2. The lowest BCUT2D eigenvalue weighted by Crippen LogP contribution is -2.11. The highest BCUT2D eigenvalue weighted by Crippen LogP contribution is 2.27. The monoisotopic (exact) mass is 307 g/mol. The predicted octanol–water partition coefficient (Wildman–Crippen LogP) is 3.97. The van der Waals surface area contributed by atoms with E-state index in [-0.39, 0.29) is 6.04 Å². The van der Waals surface area contributed by atoms with Gasteiger partial charge in [0.1, 0.15) is 0 Å². The summed E-state index contributed by atoms with van der Waals surface area (Å²) >= 11 is 3.59. The topological polar surface area (TPSA) is 29.9 Å². The lowest BCUT2D eigenvalue weighted by molar-refractivity contribution is 0.675. The number of nitrogens with one attached hydrogen (secondary N) is 1. The van der Waals surface area contributed by atoms with E-state index in [2.05, 4.69) is 59.2 Å². The smallest absolute Gasteiger partial charge is 0.0653 e. The van der Waals surface area contributed by atoms with Crippen LogP contribution < -0.4 is 5.32 Å². The van der Waals surface area contributed by atoms with Crippen molar-refractivity contribution in [1.29, 1.82) is 0 Å². The third-order valence-electron chi connectivity index (χ3n) is 3.12. The third kappa shape index (κ3) is 2.58. The zero-order chi connectivity index (χ0) is 13.3. The molecule has 4 heteroatoms. The number of rotatable bonds is 3. The predicted molar refractivity (Wildman–Crippen MR) is 78.9 cm³/mol.